The van der Waals surface area contributed by atoms with E-state index in [0.717, 1.165) is 0 Å². The van der Waals surface area contributed by atoms with E-state index in [1.54, 1.807) is 36.4 Å². The highest BCUT2D eigenvalue weighted by atomic mass is 79.9. The first-order chi connectivity index (χ1) is 10.1. The van der Waals surface area contributed by atoms with E-state index >= 15 is 0 Å². The van der Waals surface area contributed by atoms with Crippen molar-refractivity contribution < 1.29 is 19.7 Å². The Kier molecular flexibility index (Phi) is 5.76. The van der Waals surface area contributed by atoms with E-state index in [0.29, 0.717) is 40.1 Å². The van der Waals surface area contributed by atoms with Crippen molar-refractivity contribution in [3.8, 4) is 23.0 Å². The van der Waals surface area contributed by atoms with Gasteiger partial charge in [0.25, 0.3) is 0 Å². The van der Waals surface area contributed by atoms with E-state index in [1.807, 2.05) is 0 Å². The van der Waals surface area contributed by atoms with Crippen molar-refractivity contribution in [3.05, 3.63) is 45.3 Å². The molecule has 0 saturated heterocycles. The minimum Gasteiger partial charge on any atom is -0.508 e. The lowest BCUT2D eigenvalue weighted by atomic mass is 10.3. The van der Waals surface area contributed by atoms with Crippen molar-refractivity contribution in [1.29, 1.82) is 0 Å². The predicted molar refractivity (Wildman–Crippen MR) is 87.2 cm³/mol. The Bertz CT molecular complexity index is 563. The van der Waals surface area contributed by atoms with Crippen molar-refractivity contribution in [2.75, 3.05) is 13.2 Å². The Labute approximate surface area is 139 Å². The fourth-order valence-corrected chi connectivity index (χ4v) is 2.60. The average Bonchev–Trinajstić information content (AvgIpc) is 2.42. The van der Waals surface area contributed by atoms with Gasteiger partial charge in [-0.05, 0) is 68.3 Å². The lowest BCUT2D eigenvalue weighted by molar-refractivity contribution is 0.245. The molecule has 0 spiro atoms. The first kappa shape index (κ1) is 16.0. The highest BCUT2D eigenvalue weighted by Crippen LogP contribution is 2.29. The van der Waals surface area contributed by atoms with Gasteiger partial charge in [0.1, 0.15) is 23.0 Å². The average molecular weight is 418 g/mol. The molecule has 4 nitrogen and oxygen atoms in total. The van der Waals surface area contributed by atoms with E-state index in [9.17, 15) is 10.2 Å². The van der Waals surface area contributed by atoms with Crippen LogP contribution in [0.1, 0.15) is 6.42 Å². The van der Waals surface area contributed by atoms with Crippen molar-refractivity contribution in [3.63, 3.8) is 0 Å². The molecule has 2 N–H and O–H groups in total. The second-order valence-electron chi connectivity index (χ2n) is 4.28. The Morgan fingerprint density at radius 1 is 0.762 bits per heavy atom. The van der Waals surface area contributed by atoms with Gasteiger partial charge in [0.05, 0.1) is 22.2 Å². The third-order valence-electron chi connectivity index (χ3n) is 2.63. The van der Waals surface area contributed by atoms with Crippen LogP contribution < -0.4 is 9.47 Å². The van der Waals surface area contributed by atoms with Crippen LogP contribution in [0.2, 0.25) is 0 Å². The van der Waals surface area contributed by atoms with Crippen LogP contribution in [0.4, 0.5) is 0 Å². The third kappa shape index (κ3) is 4.82. The van der Waals surface area contributed by atoms with Crippen LogP contribution in [0.5, 0.6) is 23.0 Å². The fraction of sp³-hybridized carbons (Fsp3) is 0.200. The molecule has 0 aliphatic rings. The molecule has 2 aromatic carbocycles. The van der Waals surface area contributed by atoms with E-state index < -0.39 is 0 Å². The van der Waals surface area contributed by atoms with Crippen LogP contribution in [0.25, 0.3) is 0 Å². The molecule has 0 unspecified atom stereocenters. The zero-order chi connectivity index (χ0) is 15.2. The molecule has 0 fully saturated rings. The first-order valence-electron chi connectivity index (χ1n) is 6.29. The number of phenolic OH excluding ortho intramolecular Hbond substituents is 2. The van der Waals surface area contributed by atoms with Gasteiger partial charge in [0.15, 0.2) is 0 Å². The maximum atomic E-state index is 9.29. The molecule has 0 saturated carbocycles. The van der Waals surface area contributed by atoms with Gasteiger partial charge >= 0.3 is 0 Å². The molecule has 2 rings (SSSR count). The lowest BCUT2D eigenvalue weighted by Crippen LogP contribution is -2.05. The Morgan fingerprint density at radius 2 is 1.19 bits per heavy atom. The van der Waals surface area contributed by atoms with Crippen LogP contribution in [-0.4, -0.2) is 23.4 Å². The number of hydrogen-bond donors (Lipinski definition) is 2. The summed E-state index contributed by atoms with van der Waals surface area (Å²) in [6, 6.07) is 9.72. The highest BCUT2D eigenvalue weighted by molar-refractivity contribution is 9.10. The van der Waals surface area contributed by atoms with Crippen LogP contribution in [-0.2, 0) is 0 Å². The van der Waals surface area contributed by atoms with Crippen molar-refractivity contribution in [1.82, 2.24) is 0 Å². The number of rotatable bonds is 6. The van der Waals surface area contributed by atoms with Gasteiger partial charge in [-0.25, -0.2) is 0 Å². The topological polar surface area (TPSA) is 58.9 Å². The summed E-state index contributed by atoms with van der Waals surface area (Å²) in [7, 11) is 0. The van der Waals surface area contributed by atoms with E-state index in [4.69, 9.17) is 9.47 Å². The maximum absolute atomic E-state index is 9.29. The SMILES string of the molecule is Oc1ccc(OCCCOc2ccc(O)cc2Br)c(Br)c1. The largest absolute Gasteiger partial charge is 0.508 e. The van der Waals surface area contributed by atoms with E-state index in [2.05, 4.69) is 31.9 Å². The standard InChI is InChI=1S/C15H14Br2O4/c16-12-8-10(18)2-4-14(12)20-6-1-7-21-15-5-3-11(19)9-13(15)17/h2-5,8-9,18-19H,1,6-7H2. The second kappa shape index (κ2) is 7.56. The molecular formula is C15H14Br2O4. The normalized spacial score (nSPS) is 10.4. The molecular weight excluding hydrogens is 404 g/mol. The van der Waals surface area contributed by atoms with Gasteiger partial charge in [-0.2, -0.15) is 0 Å². The summed E-state index contributed by atoms with van der Waals surface area (Å²) in [6.07, 6.45) is 0.709. The highest BCUT2D eigenvalue weighted by Gasteiger charge is 2.04. The molecule has 0 aliphatic heterocycles. The van der Waals surface area contributed by atoms with Crippen LogP contribution in [0.15, 0.2) is 45.3 Å². The minimum absolute atomic E-state index is 0.190. The van der Waals surface area contributed by atoms with E-state index in [-0.39, 0.29) is 11.5 Å². The molecule has 0 heterocycles. The summed E-state index contributed by atoms with van der Waals surface area (Å²) < 4.78 is 12.6. The molecule has 21 heavy (non-hydrogen) atoms. The summed E-state index contributed by atoms with van der Waals surface area (Å²) in [5.74, 6) is 1.74. The quantitative estimate of drug-likeness (QED) is 0.680. The molecule has 112 valence electrons. The smallest absolute Gasteiger partial charge is 0.133 e. The molecule has 0 bridgehead atoms. The van der Waals surface area contributed by atoms with Crippen LogP contribution in [0.3, 0.4) is 0 Å². The number of hydrogen-bond acceptors (Lipinski definition) is 4. The summed E-state index contributed by atoms with van der Waals surface area (Å²) in [6.45, 7) is 0.998. The lowest BCUT2D eigenvalue weighted by Gasteiger charge is -2.10. The van der Waals surface area contributed by atoms with Crippen LogP contribution in [0, 0.1) is 0 Å². The van der Waals surface area contributed by atoms with Gasteiger partial charge in [0.2, 0.25) is 0 Å². The van der Waals surface area contributed by atoms with Gasteiger partial charge in [-0.3, -0.25) is 0 Å². The molecule has 0 radical (unpaired) electrons. The number of aromatic hydroxyl groups is 2. The molecule has 6 heteroatoms. The molecule has 2 aromatic rings. The molecule has 0 atom stereocenters. The van der Waals surface area contributed by atoms with Crippen LogP contribution >= 0.6 is 31.9 Å². The monoisotopic (exact) mass is 416 g/mol. The zero-order valence-electron chi connectivity index (χ0n) is 11.1. The third-order valence-corrected chi connectivity index (χ3v) is 3.87. The Balaban J connectivity index is 1.75. The van der Waals surface area contributed by atoms with Crippen molar-refractivity contribution in [2.24, 2.45) is 0 Å². The molecule has 0 aliphatic carbocycles. The van der Waals surface area contributed by atoms with Crippen molar-refractivity contribution in [2.45, 2.75) is 6.42 Å². The Hall–Kier alpha value is -1.40. The Morgan fingerprint density at radius 3 is 1.57 bits per heavy atom. The summed E-state index contributed by atoms with van der Waals surface area (Å²) in [5, 5.41) is 18.6. The summed E-state index contributed by atoms with van der Waals surface area (Å²) in [5.41, 5.74) is 0. The number of halogens is 2. The molecule has 0 aromatic heterocycles. The van der Waals surface area contributed by atoms with Crippen molar-refractivity contribution >= 4 is 31.9 Å². The minimum atomic E-state index is 0.190. The predicted octanol–water partition coefficient (Wildman–Crippen LogP) is 4.47. The van der Waals surface area contributed by atoms with Gasteiger partial charge in [-0.15, -0.1) is 0 Å². The van der Waals surface area contributed by atoms with Gasteiger partial charge < -0.3 is 19.7 Å². The summed E-state index contributed by atoms with van der Waals surface area (Å²) >= 11 is 6.65. The maximum Gasteiger partial charge on any atom is 0.133 e. The number of phenols is 2. The molecule has 0 amide bonds. The second-order valence-corrected chi connectivity index (χ2v) is 5.99. The van der Waals surface area contributed by atoms with E-state index in [1.165, 1.54) is 0 Å². The van der Waals surface area contributed by atoms with Gasteiger partial charge in [0, 0.05) is 6.42 Å². The number of ether oxygens (including phenoxy) is 2. The zero-order valence-corrected chi connectivity index (χ0v) is 14.2. The number of benzene rings is 2. The fourth-order valence-electron chi connectivity index (χ4n) is 1.64. The first-order valence-corrected chi connectivity index (χ1v) is 7.87. The van der Waals surface area contributed by atoms with Gasteiger partial charge in [-0.1, -0.05) is 0 Å². The summed E-state index contributed by atoms with van der Waals surface area (Å²) in [4.78, 5) is 0.